The van der Waals surface area contributed by atoms with Crippen LogP contribution in [0.5, 0.6) is 5.75 Å². The van der Waals surface area contributed by atoms with Crippen molar-refractivity contribution in [2.75, 3.05) is 39.5 Å². The van der Waals surface area contributed by atoms with Gasteiger partial charge < -0.3 is 25.5 Å². The van der Waals surface area contributed by atoms with Crippen molar-refractivity contribution in [2.45, 2.75) is 6.10 Å². The Morgan fingerprint density at radius 3 is 2.10 bits per heavy atom. The number of aliphatic hydroxyl groups excluding tert-OH is 3. The monoisotopic (exact) mass is 347 g/mol. The summed E-state index contributed by atoms with van der Waals surface area (Å²) in [5.41, 5.74) is 0. The topological polar surface area (TPSA) is 105 Å². The van der Waals surface area contributed by atoms with Crippen LogP contribution < -0.4 is 4.74 Å². The van der Waals surface area contributed by atoms with E-state index in [1.54, 1.807) is 4.90 Å². The smallest absolute Gasteiger partial charge is 0.119 e. The molecule has 1 atom stereocenters. The molecule has 114 valence electrons. The number of aliphatic hydroxyl groups is 3. The second kappa shape index (κ2) is 13.4. The first-order valence-electron chi connectivity index (χ1n) is 6.06. The molecule has 0 saturated carbocycles. The third kappa shape index (κ3) is 9.30. The van der Waals surface area contributed by atoms with Crippen LogP contribution in [0, 0.1) is 0 Å². The van der Waals surface area contributed by atoms with Crippen molar-refractivity contribution in [1.82, 2.24) is 4.90 Å². The van der Waals surface area contributed by atoms with E-state index in [0.29, 0.717) is 25.4 Å². The molecule has 1 aromatic rings. The minimum absolute atomic E-state index is 0. The van der Waals surface area contributed by atoms with Gasteiger partial charge in [-0.15, -0.1) is 0 Å². The van der Waals surface area contributed by atoms with Gasteiger partial charge in [0.25, 0.3) is 0 Å². The van der Waals surface area contributed by atoms with Crippen LogP contribution in [0.3, 0.4) is 0 Å². The summed E-state index contributed by atoms with van der Waals surface area (Å²) >= 11 is 0. The quantitative estimate of drug-likeness (QED) is 0.473. The van der Waals surface area contributed by atoms with Crippen molar-refractivity contribution in [3.8, 4) is 5.75 Å². The van der Waals surface area contributed by atoms with Crippen molar-refractivity contribution in [2.24, 2.45) is 0 Å². The summed E-state index contributed by atoms with van der Waals surface area (Å²) < 4.78 is 5.42. The molecule has 1 rings (SSSR count). The predicted molar refractivity (Wildman–Crippen MR) is 77.9 cm³/mol. The van der Waals surface area contributed by atoms with Crippen molar-refractivity contribution in [1.29, 1.82) is 0 Å². The van der Waals surface area contributed by atoms with Gasteiger partial charge in [-0.1, -0.05) is 18.2 Å². The molecular weight excluding hydrogens is 323 g/mol. The first-order valence-corrected chi connectivity index (χ1v) is 6.06. The fraction of sp³-hybridized carbons (Fsp3) is 0.538. The third-order valence-corrected chi connectivity index (χ3v) is 2.49. The average molecular weight is 346 g/mol. The maximum absolute atomic E-state index is 9.80. The molecule has 6 nitrogen and oxygen atoms in total. The van der Waals surface area contributed by atoms with Gasteiger partial charge in [-0.3, -0.25) is 4.90 Å². The van der Waals surface area contributed by atoms with E-state index >= 15 is 0 Å². The van der Waals surface area contributed by atoms with E-state index in [9.17, 15) is 5.11 Å². The predicted octanol–water partition coefficient (Wildman–Crippen LogP) is -1.49. The Morgan fingerprint density at radius 1 is 1.05 bits per heavy atom. The van der Waals surface area contributed by atoms with Crippen LogP contribution in [0.25, 0.3) is 0 Å². The fourth-order valence-corrected chi connectivity index (χ4v) is 1.64. The van der Waals surface area contributed by atoms with Gasteiger partial charge in [-0.05, 0) is 12.1 Å². The first-order chi connectivity index (χ1) is 8.76. The van der Waals surface area contributed by atoms with Crippen molar-refractivity contribution < 1.29 is 25.5 Å². The third-order valence-electron chi connectivity index (χ3n) is 2.49. The summed E-state index contributed by atoms with van der Waals surface area (Å²) in [7, 11) is 0. The largest absolute Gasteiger partial charge is 0.491 e. The van der Waals surface area contributed by atoms with Gasteiger partial charge in [-0.25, -0.2) is 0 Å². The Morgan fingerprint density at radius 2 is 1.60 bits per heavy atom. The SMILES string of the molecule is O.OCCN(CCO)CC(O)COc1ccccc1.[Ge]. The van der Waals surface area contributed by atoms with E-state index in [1.165, 1.54) is 0 Å². The van der Waals surface area contributed by atoms with E-state index < -0.39 is 6.10 Å². The van der Waals surface area contributed by atoms with Crippen LogP contribution >= 0.6 is 0 Å². The van der Waals surface area contributed by atoms with E-state index in [0.717, 1.165) is 0 Å². The molecule has 0 bridgehead atoms. The number of nitrogens with zero attached hydrogens (tertiary/aromatic N) is 1. The van der Waals surface area contributed by atoms with Crippen molar-refractivity contribution in [3.05, 3.63) is 30.3 Å². The molecule has 0 aliphatic heterocycles. The zero-order chi connectivity index (χ0) is 13.2. The summed E-state index contributed by atoms with van der Waals surface area (Å²) in [6.45, 7) is 1.44. The summed E-state index contributed by atoms with van der Waals surface area (Å²) in [5, 5.41) is 27.5. The molecule has 1 aromatic carbocycles. The normalized spacial score (nSPS) is 11.4. The first kappa shape index (κ1) is 21.7. The van der Waals surface area contributed by atoms with Gasteiger partial charge in [0.2, 0.25) is 0 Å². The van der Waals surface area contributed by atoms with Crippen LogP contribution in [0.15, 0.2) is 30.3 Å². The fourth-order valence-electron chi connectivity index (χ4n) is 1.64. The standard InChI is InChI=1S/C13H21NO4.Ge.H2O/c15-8-6-14(7-9-16)10-12(17)11-18-13-4-2-1-3-5-13;;/h1-5,12,15-17H,6-11H2;;1H2. The minimum Gasteiger partial charge on any atom is -0.491 e. The molecule has 20 heavy (non-hydrogen) atoms. The van der Waals surface area contributed by atoms with Crippen LogP contribution in [0.2, 0.25) is 0 Å². The molecule has 0 aliphatic rings. The van der Waals surface area contributed by atoms with Crippen LogP contribution in [0.1, 0.15) is 0 Å². The average Bonchev–Trinajstić information content (AvgIpc) is 2.38. The number of hydrogen-bond acceptors (Lipinski definition) is 5. The van der Waals surface area contributed by atoms with Crippen LogP contribution in [-0.2, 0) is 0 Å². The molecule has 0 spiro atoms. The van der Waals surface area contributed by atoms with E-state index in [4.69, 9.17) is 14.9 Å². The Hall–Kier alpha value is -0.637. The summed E-state index contributed by atoms with van der Waals surface area (Å²) in [6.07, 6.45) is -0.650. The van der Waals surface area contributed by atoms with Crippen molar-refractivity contribution in [3.63, 3.8) is 0 Å². The maximum atomic E-state index is 9.80. The summed E-state index contributed by atoms with van der Waals surface area (Å²) in [4.78, 5) is 1.79. The van der Waals surface area contributed by atoms with Gasteiger partial charge in [0.15, 0.2) is 0 Å². The van der Waals surface area contributed by atoms with Gasteiger partial charge in [0.05, 0.1) is 13.2 Å². The second-order valence-electron chi connectivity index (χ2n) is 4.03. The molecule has 0 saturated heterocycles. The molecule has 0 heterocycles. The minimum atomic E-state index is -0.650. The molecule has 0 fully saturated rings. The van der Waals surface area contributed by atoms with E-state index in [-0.39, 0.29) is 42.9 Å². The Kier molecular flexibility index (Phi) is 14.5. The Bertz CT molecular complexity index is 309. The molecule has 0 aliphatic carbocycles. The Balaban J connectivity index is 0. The molecule has 1 unspecified atom stereocenters. The van der Waals surface area contributed by atoms with E-state index in [2.05, 4.69) is 0 Å². The van der Waals surface area contributed by atoms with Gasteiger partial charge in [0.1, 0.15) is 18.5 Å². The summed E-state index contributed by atoms with van der Waals surface area (Å²) in [6, 6.07) is 9.28. The molecule has 0 amide bonds. The number of ether oxygens (including phenoxy) is 1. The van der Waals surface area contributed by atoms with Gasteiger partial charge in [0, 0.05) is 37.2 Å². The van der Waals surface area contributed by atoms with Crippen LogP contribution in [0.4, 0.5) is 0 Å². The number of benzene rings is 1. The number of rotatable bonds is 9. The number of para-hydroxylation sites is 1. The van der Waals surface area contributed by atoms with E-state index in [1.807, 2.05) is 30.3 Å². The van der Waals surface area contributed by atoms with Gasteiger partial charge >= 0.3 is 0 Å². The number of hydrogen-bond donors (Lipinski definition) is 3. The molecular formula is C13H23GeNO5. The summed E-state index contributed by atoms with van der Waals surface area (Å²) in [5.74, 6) is 0.715. The molecule has 5 N–H and O–H groups in total. The maximum Gasteiger partial charge on any atom is 0.119 e. The molecule has 0 aromatic heterocycles. The van der Waals surface area contributed by atoms with Crippen LogP contribution in [-0.4, -0.2) is 88.9 Å². The van der Waals surface area contributed by atoms with Crippen molar-refractivity contribution >= 4 is 17.6 Å². The second-order valence-corrected chi connectivity index (χ2v) is 4.03. The zero-order valence-corrected chi connectivity index (χ0v) is 13.5. The Labute approximate surface area is 130 Å². The molecule has 7 heteroatoms. The zero-order valence-electron chi connectivity index (χ0n) is 11.4. The van der Waals surface area contributed by atoms with Gasteiger partial charge in [-0.2, -0.15) is 0 Å². The molecule has 4 radical (unpaired) electrons.